The summed E-state index contributed by atoms with van der Waals surface area (Å²) in [6.07, 6.45) is 0.836. The summed E-state index contributed by atoms with van der Waals surface area (Å²) in [7, 11) is 0. The molecule has 4 rings (SSSR count). The molecule has 1 N–H and O–H groups in total. The quantitative estimate of drug-likeness (QED) is 0.469. The van der Waals surface area contributed by atoms with E-state index >= 15 is 0 Å². The number of halogens is 1. The maximum Gasteiger partial charge on any atom is 0.322 e. The summed E-state index contributed by atoms with van der Waals surface area (Å²) < 4.78 is 16.0. The van der Waals surface area contributed by atoms with Gasteiger partial charge in [0.05, 0.1) is 17.9 Å². The molecule has 1 aromatic heterocycles. The summed E-state index contributed by atoms with van der Waals surface area (Å²) >= 11 is 0. The van der Waals surface area contributed by atoms with Crippen LogP contribution >= 0.6 is 0 Å². The number of aromatic nitrogens is 2. The number of benzene rings is 2. The molecule has 0 aliphatic carbocycles. The van der Waals surface area contributed by atoms with Crippen LogP contribution in [0.3, 0.4) is 0 Å². The molecule has 36 heavy (non-hydrogen) atoms. The van der Waals surface area contributed by atoms with Gasteiger partial charge in [0.25, 0.3) is 0 Å². The minimum absolute atomic E-state index is 0.137. The number of rotatable bonds is 8. The molecule has 2 aromatic carbocycles. The van der Waals surface area contributed by atoms with Crippen LogP contribution in [0.5, 0.6) is 0 Å². The zero-order chi connectivity index (χ0) is 25.7. The maximum atomic E-state index is 14.2. The Labute approximate surface area is 213 Å². The van der Waals surface area contributed by atoms with Gasteiger partial charge in [0.2, 0.25) is 0 Å². The van der Waals surface area contributed by atoms with Crippen molar-refractivity contribution in [2.24, 2.45) is 0 Å². The molecule has 1 aliphatic heterocycles. The number of hydrogen-bond donors (Lipinski definition) is 1. The van der Waals surface area contributed by atoms with Crippen molar-refractivity contribution in [3.05, 3.63) is 71.2 Å². The SMILES string of the molecule is CCCN(Cc1c(C)nn(-c2cccc(F)c2)c1N1CCN(CC)CC1)C(=O)Nc1cccc(C)c1. The van der Waals surface area contributed by atoms with E-state index in [-0.39, 0.29) is 11.8 Å². The van der Waals surface area contributed by atoms with Crippen LogP contribution < -0.4 is 10.2 Å². The fourth-order valence-electron chi connectivity index (χ4n) is 4.76. The first-order valence-electron chi connectivity index (χ1n) is 12.8. The molecular formula is C28H37FN6O. The average molecular weight is 493 g/mol. The van der Waals surface area contributed by atoms with E-state index in [4.69, 9.17) is 5.10 Å². The number of amides is 2. The molecule has 1 saturated heterocycles. The van der Waals surface area contributed by atoms with Crippen molar-refractivity contribution in [2.45, 2.75) is 40.7 Å². The van der Waals surface area contributed by atoms with Crippen molar-refractivity contribution in [3.8, 4) is 5.69 Å². The van der Waals surface area contributed by atoms with Crippen LogP contribution in [-0.4, -0.2) is 64.9 Å². The Morgan fingerprint density at radius 3 is 2.47 bits per heavy atom. The van der Waals surface area contributed by atoms with E-state index in [9.17, 15) is 9.18 Å². The second kappa shape index (κ2) is 11.6. The summed E-state index contributed by atoms with van der Waals surface area (Å²) in [5.74, 6) is 0.646. The largest absolute Gasteiger partial charge is 0.354 e. The zero-order valence-corrected chi connectivity index (χ0v) is 21.8. The number of urea groups is 1. The minimum Gasteiger partial charge on any atom is -0.354 e. The highest BCUT2D eigenvalue weighted by atomic mass is 19.1. The molecule has 1 aliphatic rings. The summed E-state index contributed by atoms with van der Waals surface area (Å²) in [4.78, 5) is 19.9. The van der Waals surface area contributed by atoms with Gasteiger partial charge in [0, 0.05) is 44.0 Å². The summed E-state index contributed by atoms with van der Waals surface area (Å²) in [5, 5.41) is 7.90. The van der Waals surface area contributed by atoms with Gasteiger partial charge in [-0.3, -0.25) is 0 Å². The smallest absolute Gasteiger partial charge is 0.322 e. The van der Waals surface area contributed by atoms with Gasteiger partial charge in [0.1, 0.15) is 11.6 Å². The van der Waals surface area contributed by atoms with E-state index in [0.717, 1.165) is 67.5 Å². The number of carbonyl (C=O) groups is 1. The molecule has 8 heteroatoms. The van der Waals surface area contributed by atoms with Crippen LogP contribution in [0.15, 0.2) is 48.5 Å². The number of aryl methyl sites for hydroxylation is 2. The van der Waals surface area contributed by atoms with Crippen LogP contribution in [0.4, 0.5) is 20.7 Å². The van der Waals surface area contributed by atoms with Crippen molar-refractivity contribution >= 4 is 17.5 Å². The van der Waals surface area contributed by atoms with Gasteiger partial charge in [-0.1, -0.05) is 32.0 Å². The molecule has 2 heterocycles. The highest BCUT2D eigenvalue weighted by Crippen LogP contribution is 2.30. The van der Waals surface area contributed by atoms with Crippen LogP contribution in [0, 0.1) is 19.7 Å². The number of nitrogens with zero attached hydrogens (tertiary/aromatic N) is 5. The van der Waals surface area contributed by atoms with E-state index < -0.39 is 0 Å². The first-order chi connectivity index (χ1) is 17.4. The number of nitrogens with one attached hydrogen (secondary N) is 1. The Bertz CT molecular complexity index is 1180. The fraction of sp³-hybridized carbons (Fsp3) is 0.429. The van der Waals surface area contributed by atoms with Gasteiger partial charge < -0.3 is 20.0 Å². The third-order valence-corrected chi connectivity index (χ3v) is 6.73. The van der Waals surface area contributed by atoms with Gasteiger partial charge in [-0.25, -0.2) is 13.9 Å². The lowest BCUT2D eigenvalue weighted by molar-refractivity contribution is 0.209. The second-order valence-electron chi connectivity index (χ2n) is 9.42. The van der Waals surface area contributed by atoms with Crippen molar-refractivity contribution in [2.75, 3.05) is 49.5 Å². The lowest BCUT2D eigenvalue weighted by Gasteiger charge is -2.36. The number of carbonyl (C=O) groups excluding carboxylic acids is 1. The molecule has 0 spiro atoms. The minimum atomic E-state index is -0.297. The maximum absolute atomic E-state index is 14.2. The number of hydrogen-bond acceptors (Lipinski definition) is 4. The zero-order valence-electron chi connectivity index (χ0n) is 21.8. The molecule has 0 radical (unpaired) electrons. The monoisotopic (exact) mass is 492 g/mol. The van der Waals surface area contributed by atoms with Crippen molar-refractivity contribution < 1.29 is 9.18 Å². The average Bonchev–Trinajstić information content (AvgIpc) is 3.19. The lowest BCUT2D eigenvalue weighted by Crippen LogP contribution is -2.47. The predicted octanol–water partition coefficient (Wildman–Crippen LogP) is 5.21. The van der Waals surface area contributed by atoms with Gasteiger partial charge in [-0.15, -0.1) is 0 Å². The Morgan fingerprint density at radius 1 is 1.06 bits per heavy atom. The molecule has 0 bridgehead atoms. The molecule has 7 nitrogen and oxygen atoms in total. The molecule has 1 fully saturated rings. The molecular weight excluding hydrogens is 455 g/mol. The van der Waals surface area contributed by atoms with Crippen LogP contribution in [-0.2, 0) is 6.54 Å². The first-order valence-corrected chi connectivity index (χ1v) is 12.8. The third-order valence-electron chi connectivity index (χ3n) is 6.73. The highest BCUT2D eigenvalue weighted by Gasteiger charge is 2.27. The summed E-state index contributed by atoms with van der Waals surface area (Å²) in [6, 6.07) is 14.2. The standard InChI is InChI=1S/C28H37FN6O/c1-5-13-34(28(36)30-24-11-7-9-21(3)18-24)20-26-22(4)31-35(25-12-8-10-23(29)19-25)27(26)33-16-14-32(6-2)15-17-33/h7-12,18-19H,5-6,13-17,20H2,1-4H3,(H,30,36). The van der Waals surface area contributed by atoms with Crippen molar-refractivity contribution in [3.63, 3.8) is 0 Å². The van der Waals surface area contributed by atoms with Crippen LogP contribution in [0.1, 0.15) is 37.1 Å². The Kier molecular flexibility index (Phi) is 8.25. The Hall–Kier alpha value is -3.39. The van der Waals surface area contributed by atoms with E-state index in [0.29, 0.717) is 18.8 Å². The molecule has 0 unspecified atom stereocenters. The van der Waals surface area contributed by atoms with Gasteiger partial charge in [0.15, 0.2) is 0 Å². The lowest BCUT2D eigenvalue weighted by atomic mass is 10.2. The number of piperazine rings is 1. The van der Waals surface area contributed by atoms with E-state index in [1.807, 2.05) is 53.8 Å². The van der Waals surface area contributed by atoms with Gasteiger partial charge in [-0.05, 0) is 62.7 Å². The van der Waals surface area contributed by atoms with E-state index in [1.54, 1.807) is 6.07 Å². The second-order valence-corrected chi connectivity index (χ2v) is 9.42. The molecule has 2 amide bonds. The first kappa shape index (κ1) is 25.7. The number of anilines is 2. The summed E-state index contributed by atoms with van der Waals surface area (Å²) in [5.41, 5.74) is 4.40. The van der Waals surface area contributed by atoms with Crippen molar-refractivity contribution in [1.82, 2.24) is 19.6 Å². The summed E-state index contributed by atoms with van der Waals surface area (Å²) in [6.45, 7) is 13.9. The number of likely N-dealkylation sites (N-methyl/N-ethyl adjacent to an activating group) is 1. The Morgan fingerprint density at radius 2 is 1.81 bits per heavy atom. The third kappa shape index (κ3) is 5.87. The van der Waals surface area contributed by atoms with Crippen molar-refractivity contribution in [1.29, 1.82) is 0 Å². The fourth-order valence-corrected chi connectivity index (χ4v) is 4.76. The topological polar surface area (TPSA) is 56.6 Å². The predicted molar refractivity (Wildman–Crippen MR) is 143 cm³/mol. The normalized spacial score (nSPS) is 14.2. The van der Waals surface area contributed by atoms with Gasteiger partial charge >= 0.3 is 6.03 Å². The van der Waals surface area contributed by atoms with Crippen LogP contribution in [0.25, 0.3) is 5.69 Å². The van der Waals surface area contributed by atoms with E-state index in [2.05, 4.69) is 29.0 Å². The molecule has 0 saturated carbocycles. The van der Waals surface area contributed by atoms with Gasteiger partial charge in [-0.2, -0.15) is 5.10 Å². The highest BCUT2D eigenvalue weighted by molar-refractivity contribution is 5.89. The molecule has 3 aromatic rings. The Balaban J connectivity index is 1.68. The van der Waals surface area contributed by atoms with Crippen LogP contribution in [0.2, 0.25) is 0 Å². The molecule has 0 atom stereocenters. The van der Waals surface area contributed by atoms with E-state index in [1.165, 1.54) is 12.1 Å². The molecule has 192 valence electrons.